The zero-order valence-electron chi connectivity index (χ0n) is 17.1. The minimum Gasteiger partial charge on any atom is -0.493 e. The average Bonchev–Trinajstić information content (AvgIpc) is 3.30. The molecule has 0 amide bonds. The molecule has 7 heteroatoms. The lowest BCUT2D eigenvalue weighted by Gasteiger charge is -2.14. The van der Waals surface area contributed by atoms with Crippen molar-refractivity contribution in [2.45, 2.75) is 27.3 Å². The number of fused-ring (bicyclic) bond motifs is 1. The average molecular weight is 514 g/mol. The van der Waals surface area contributed by atoms with E-state index in [-0.39, 0.29) is 0 Å². The number of carbonyl (C=O) groups is 1. The van der Waals surface area contributed by atoms with Crippen molar-refractivity contribution in [2.24, 2.45) is 5.92 Å². The van der Waals surface area contributed by atoms with Gasteiger partial charge in [0.05, 0.1) is 24.2 Å². The molecule has 0 aliphatic heterocycles. The maximum absolute atomic E-state index is 11.0. The summed E-state index contributed by atoms with van der Waals surface area (Å²) in [5.74, 6) is 2.04. The summed E-state index contributed by atoms with van der Waals surface area (Å²) < 4.78 is 9.15. The van der Waals surface area contributed by atoms with Gasteiger partial charge in [0.25, 0.3) is 0 Å². The van der Waals surface area contributed by atoms with Gasteiger partial charge >= 0.3 is 0 Å². The van der Waals surface area contributed by atoms with Gasteiger partial charge in [0.1, 0.15) is 17.7 Å². The summed E-state index contributed by atoms with van der Waals surface area (Å²) >= 11 is 2.32. The van der Waals surface area contributed by atoms with Gasteiger partial charge in [0.15, 0.2) is 5.82 Å². The maximum Gasteiger partial charge on any atom is 0.159 e. The van der Waals surface area contributed by atoms with Crippen molar-refractivity contribution < 1.29 is 9.53 Å². The van der Waals surface area contributed by atoms with Gasteiger partial charge < -0.3 is 9.72 Å². The Bertz CT molecular complexity index is 1210. The third-order valence-electron chi connectivity index (χ3n) is 4.78. The predicted molar refractivity (Wildman–Crippen MR) is 126 cm³/mol. The number of aromatic amines is 1. The van der Waals surface area contributed by atoms with E-state index in [1.807, 2.05) is 29.8 Å². The standard InChI is InChI=1S/C23H23IN4O2/c1-14(2)13-30-22-7-5-18(24)10-17(22)11-28-15(3)8-21(27-28)23-25-19-6-4-16(12-29)9-20(19)26-23/h4-10,12,14H,11,13H2,1-3H3,(H,25,26). The highest BCUT2D eigenvalue weighted by Gasteiger charge is 2.14. The Balaban J connectivity index is 1.64. The summed E-state index contributed by atoms with van der Waals surface area (Å²) in [7, 11) is 0. The number of halogens is 1. The van der Waals surface area contributed by atoms with Crippen LogP contribution in [-0.2, 0) is 6.54 Å². The van der Waals surface area contributed by atoms with Crippen LogP contribution in [0.25, 0.3) is 22.6 Å². The van der Waals surface area contributed by atoms with Gasteiger partial charge in [-0.15, -0.1) is 0 Å². The molecule has 6 nitrogen and oxygen atoms in total. The summed E-state index contributed by atoms with van der Waals surface area (Å²) in [5, 5.41) is 4.77. The highest BCUT2D eigenvalue weighted by Crippen LogP contribution is 2.25. The lowest BCUT2D eigenvalue weighted by atomic mass is 10.2. The Morgan fingerprint density at radius 1 is 1.20 bits per heavy atom. The van der Waals surface area contributed by atoms with Crippen LogP contribution < -0.4 is 4.74 Å². The largest absolute Gasteiger partial charge is 0.493 e. The lowest BCUT2D eigenvalue weighted by molar-refractivity contribution is 0.112. The molecule has 0 radical (unpaired) electrons. The molecular formula is C23H23IN4O2. The van der Waals surface area contributed by atoms with Crippen LogP contribution in [-0.4, -0.2) is 32.6 Å². The van der Waals surface area contributed by atoms with E-state index in [1.165, 1.54) is 0 Å². The number of hydrogen-bond donors (Lipinski definition) is 1. The molecule has 0 aliphatic carbocycles. The third-order valence-corrected chi connectivity index (χ3v) is 5.45. The molecule has 0 saturated carbocycles. The first-order valence-corrected chi connectivity index (χ1v) is 10.9. The number of nitrogens with zero attached hydrogens (tertiary/aromatic N) is 3. The fourth-order valence-electron chi connectivity index (χ4n) is 3.24. The lowest BCUT2D eigenvalue weighted by Crippen LogP contribution is -2.09. The molecule has 0 unspecified atom stereocenters. The first-order valence-electron chi connectivity index (χ1n) is 9.84. The Kier molecular flexibility index (Phi) is 5.90. The van der Waals surface area contributed by atoms with E-state index >= 15 is 0 Å². The van der Waals surface area contributed by atoms with E-state index in [9.17, 15) is 4.79 Å². The minimum absolute atomic E-state index is 0.461. The van der Waals surface area contributed by atoms with Gasteiger partial charge in [-0.25, -0.2) is 4.98 Å². The fraction of sp³-hybridized carbons (Fsp3) is 0.261. The molecule has 0 aliphatic rings. The summed E-state index contributed by atoms with van der Waals surface area (Å²) in [5.41, 5.74) is 5.15. The molecular weight excluding hydrogens is 491 g/mol. The highest BCUT2D eigenvalue weighted by molar-refractivity contribution is 14.1. The number of aromatic nitrogens is 4. The third kappa shape index (κ3) is 4.40. The molecule has 4 aromatic rings. The molecule has 2 aromatic carbocycles. The van der Waals surface area contributed by atoms with Crippen molar-refractivity contribution in [2.75, 3.05) is 6.61 Å². The van der Waals surface area contributed by atoms with E-state index in [1.54, 1.807) is 12.1 Å². The van der Waals surface area contributed by atoms with E-state index in [0.29, 0.717) is 30.5 Å². The number of H-pyrrole nitrogens is 1. The van der Waals surface area contributed by atoms with Crippen LogP contribution in [0.3, 0.4) is 0 Å². The molecule has 0 atom stereocenters. The SMILES string of the molecule is Cc1cc(-c2nc3ccc(C=O)cc3[nH]2)nn1Cc1cc(I)ccc1OCC(C)C. The Morgan fingerprint density at radius 2 is 2.03 bits per heavy atom. The molecule has 0 spiro atoms. The zero-order valence-corrected chi connectivity index (χ0v) is 19.3. The van der Waals surface area contributed by atoms with Gasteiger partial charge in [0, 0.05) is 20.4 Å². The highest BCUT2D eigenvalue weighted by atomic mass is 127. The molecule has 0 fully saturated rings. The van der Waals surface area contributed by atoms with Crippen molar-refractivity contribution in [3.63, 3.8) is 0 Å². The Labute approximate surface area is 188 Å². The smallest absolute Gasteiger partial charge is 0.159 e. The van der Waals surface area contributed by atoms with Crippen LogP contribution in [0.2, 0.25) is 0 Å². The van der Waals surface area contributed by atoms with Crippen molar-refractivity contribution in [1.29, 1.82) is 0 Å². The van der Waals surface area contributed by atoms with Gasteiger partial charge in [-0.05, 0) is 77.9 Å². The fourth-order valence-corrected chi connectivity index (χ4v) is 3.79. The van der Waals surface area contributed by atoms with Gasteiger partial charge in [-0.1, -0.05) is 13.8 Å². The van der Waals surface area contributed by atoms with E-state index in [0.717, 1.165) is 43.6 Å². The minimum atomic E-state index is 0.461. The molecule has 30 heavy (non-hydrogen) atoms. The van der Waals surface area contributed by atoms with Crippen LogP contribution in [0, 0.1) is 16.4 Å². The first kappa shape index (κ1) is 20.6. The molecule has 4 rings (SSSR count). The summed E-state index contributed by atoms with van der Waals surface area (Å²) in [6.45, 7) is 7.61. The normalized spacial score (nSPS) is 11.4. The number of aldehydes is 1. The van der Waals surface area contributed by atoms with Gasteiger partial charge in [0.2, 0.25) is 0 Å². The van der Waals surface area contributed by atoms with E-state index in [4.69, 9.17) is 9.84 Å². The maximum atomic E-state index is 11.0. The number of rotatable bonds is 7. The van der Waals surface area contributed by atoms with Crippen LogP contribution in [0.15, 0.2) is 42.5 Å². The Hall–Kier alpha value is -2.68. The van der Waals surface area contributed by atoms with E-state index in [2.05, 4.69) is 58.5 Å². The second kappa shape index (κ2) is 8.59. The first-order chi connectivity index (χ1) is 14.4. The van der Waals surface area contributed by atoms with Crippen molar-refractivity contribution in [3.05, 3.63) is 62.9 Å². The second-order valence-electron chi connectivity index (χ2n) is 7.77. The Morgan fingerprint density at radius 3 is 2.80 bits per heavy atom. The van der Waals surface area contributed by atoms with Crippen LogP contribution in [0.5, 0.6) is 5.75 Å². The molecule has 154 valence electrons. The van der Waals surface area contributed by atoms with Crippen LogP contribution in [0.4, 0.5) is 0 Å². The second-order valence-corrected chi connectivity index (χ2v) is 9.01. The number of nitrogens with one attached hydrogen (secondary N) is 1. The molecule has 1 N–H and O–H groups in total. The summed E-state index contributed by atoms with van der Waals surface area (Å²) in [4.78, 5) is 18.9. The number of ether oxygens (including phenoxy) is 1. The summed E-state index contributed by atoms with van der Waals surface area (Å²) in [6.07, 6.45) is 0.832. The van der Waals surface area contributed by atoms with Crippen LogP contribution >= 0.6 is 22.6 Å². The van der Waals surface area contributed by atoms with Gasteiger partial charge in [-0.3, -0.25) is 9.48 Å². The number of imidazole rings is 1. The topological polar surface area (TPSA) is 72.8 Å². The van der Waals surface area contributed by atoms with Crippen molar-refractivity contribution >= 4 is 39.9 Å². The van der Waals surface area contributed by atoms with E-state index < -0.39 is 0 Å². The number of hydrogen-bond acceptors (Lipinski definition) is 4. The zero-order chi connectivity index (χ0) is 21.3. The number of carbonyl (C=O) groups excluding carboxylic acids is 1. The predicted octanol–water partition coefficient (Wildman–Crippen LogP) is 5.24. The summed E-state index contributed by atoms with van der Waals surface area (Å²) in [6, 6.07) is 13.6. The van der Waals surface area contributed by atoms with Crippen LogP contribution in [0.1, 0.15) is 35.5 Å². The number of benzene rings is 2. The molecule has 0 saturated heterocycles. The molecule has 2 heterocycles. The monoisotopic (exact) mass is 514 g/mol. The number of aryl methyl sites for hydroxylation is 1. The van der Waals surface area contributed by atoms with Crippen molar-refractivity contribution in [3.8, 4) is 17.3 Å². The van der Waals surface area contributed by atoms with Gasteiger partial charge in [-0.2, -0.15) is 5.10 Å². The quantitative estimate of drug-likeness (QED) is 0.271. The molecule has 0 bridgehead atoms. The van der Waals surface area contributed by atoms with Crippen molar-refractivity contribution in [1.82, 2.24) is 19.7 Å². The molecule has 2 aromatic heterocycles.